The minimum atomic E-state index is -0.148. The molecule has 0 aliphatic rings. The molecule has 0 aliphatic heterocycles. The van der Waals surface area contributed by atoms with Crippen LogP contribution in [0.15, 0.2) is 42.5 Å². The molecule has 4 nitrogen and oxygen atoms in total. The van der Waals surface area contributed by atoms with E-state index in [-0.39, 0.29) is 12.5 Å². The first-order valence-electron chi connectivity index (χ1n) is 8.37. The van der Waals surface area contributed by atoms with Crippen LogP contribution in [-0.2, 0) is 11.3 Å². The van der Waals surface area contributed by atoms with Crippen LogP contribution in [0.1, 0.15) is 35.9 Å². The minimum absolute atomic E-state index is 0.00532. The summed E-state index contributed by atoms with van der Waals surface area (Å²) in [4.78, 5) is 16.5. The number of thiazole rings is 1. The van der Waals surface area contributed by atoms with Crippen LogP contribution in [0, 0.1) is 6.92 Å². The Kier molecular flexibility index (Phi) is 5.34. The van der Waals surface area contributed by atoms with Crippen molar-refractivity contribution in [2.24, 2.45) is 0 Å². The third-order valence-electron chi connectivity index (χ3n) is 4.01. The summed E-state index contributed by atoms with van der Waals surface area (Å²) in [6.07, 6.45) is 0. The van der Waals surface area contributed by atoms with Gasteiger partial charge in [-0.3, -0.25) is 4.79 Å². The molecule has 0 radical (unpaired) electrons. The summed E-state index contributed by atoms with van der Waals surface area (Å²) in [5.41, 5.74) is 3.45. The van der Waals surface area contributed by atoms with Crippen molar-refractivity contribution < 1.29 is 9.53 Å². The predicted octanol–water partition coefficient (Wildman–Crippen LogP) is 4.42. The van der Waals surface area contributed by atoms with Crippen molar-refractivity contribution in [3.8, 4) is 5.75 Å². The van der Waals surface area contributed by atoms with Gasteiger partial charge in [-0.05, 0) is 48.2 Å². The van der Waals surface area contributed by atoms with E-state index in [4.69, 9.17) is 4.74 Å². The SMILES string of the molecule is Cc1cc(OCC(=O)NCc2nc3ccccc3s2)ccc1C(C)C. The van der Waals surface area contributed by atoms with Crippen LogP contribution in [0.2, 0.25) is 0 Å². The van der Waals surface area contributed by atoms with Gasteiger partial charge in [0.1, 0.15) is 10.8 Å². The highest BCUT2D eigenvalue weighted by Crippen LogP contribution is 2.23. The second-order valence-electron chi connectivity index (χ2n) is 6.31. The molecule has 1 N–H and O–H groups in total. The first kappa shape index (κ1) is 17.4. The first-order chi connectivity index (χ1) is 12.0. The van der Waals surface area contributed by atoms with Gasteiger partial charge in [-0.2, -0.15) is 0 Å². The van der Waals surface area contributed by atoms with Crippen molar-refractivity contribution in [1.29, 1.82) is 0 Å². The molecular weight excluding hydrogens is 332 g/mol. The van der Waals surface area contributed by atoms with E-state index in [1.165, 1.54) is 11.1 Å². The topological polar surface area (TPSA) is 51.2 Å². The zero-order chi connectivity index (χ0) is 17.8. The van der Waals surface area contributed by atoms with Crippen LogP contribution in [0.5, 0.6) is 5.75 Å². The molecule has 5 heteroatoms. The quantitative estimate of drug-likeness (QED) is 0.713. The largest absolute Gasteiger partial charge is 0.484 e. The summed E-state index contributed by atoms with van der Waals surface area (Å²) >= 11 is 1.59. The van der Waals surface area contributed by atoms with Gasteiger partial charge >= 0.3 is 0 Å². The monoisotopic (exact) mass is 354 g/mol. The number of amides is 1. The molecule has 1 heterocycles. The van der Waals surface area contributed by atoms with Gasteiger partial charge < -0.3 is 10.1 Å². The van der Waals surface area contributed by atoms with E-state index >= 15 is 0 Å². The summed E-state index contributed by atoms with van der Waals surface area (Å²) in [6.45, 7) is 6.82. The Hall–Kier alpha value is -2.40. The van der Waals surface area contributed by atoms with E-state index in [9.17, 15) is 4.79 Å². The van der Waals surface area contributed by atoms with Crippen LogP contribution >= 0.6 is 11.3 Å². The highest BCUT2D eigenvalue weighted by atomic mass is 32.1. The molecule has 0 atom stereocenters. The van der Waals surface area contributed by atoms with Crippen LogP contribution in [-0.4, -0.2) is 17.5 Å². The fraction of sp³-hybridized carbons (Fsp3) is 0.300. The predicted molar refractivity (Wildman–Crippen MR) is 102 cm³/mol. The Morgan fingerprint density at radius 2 is 2.04 bits per heavy atom. The van der Waals surface area contributed by atoms with Crippen molar-refractivity contribution in [1.82, 2.24) is 10.3 Å². The van der Waals surface area contributed by atoms with Gasteiger partial charge in [0.2, 0.25) is 0 Å². The molecular formula is C20H22N2O2S. The van der Waals surface area contributed by atoms with E-state index < -0.39 is 0 Å². The van der Waals surface area contributed by atoms with Crippen LogP contribution in [0.4, 0.5) is 0 Å². The molecule has 0 fully saturated rings. The number of hydrogen-bond acceptors (Lipinski definition) is 4. The van der Waals surface area contributed by atoms with Gasteiger partial charge in [0.05, 0.1) is 16.8 Å². The number of fused-ring (bicyclic) bond motifs is 1. The van der Waals surface area contributed by atoms with Crippen LogP contribution in [0.3, 0.4) is 0 Å². The maximum Gasteiger partial charge on any atom is 0.258 e. The number of aryl methyl sites for hydroxylation is 1. The maximum absolute atomic E-state index is 12.0. The molecule has 0 bridgehead atoms. The number of carbonyl (C=O) groups excluding carboxylic acids is 1. The number of rotatable bonds is 6. The van der Waals surface area contributed by atoms with E-state index in [1.54, 1.807) is 11.3 Å². The molecule has 0 saturated heterocycles. The van der Waals surface area contributed by atoms with E-state index in [2.05, 4.69) is 37.1 Å². The molecule has 0 saturated carbocycles. The average Bonchev–Trinajstić information content (AvgIpc) is 3.01. The zero-order valence-electron chi connectivity index (χ0n) is 14.7. The molecule has 1 amide bonds. The Labute approximate surface area is 151 Å². The van der Waals surface area contributed by atoms with Gasteiger partial charge in [-0.25, -0.2) is 4.98 Å². The first-order valence-corrected chi connectivity index (χ1v) is 9.19. The van der Waals surface area contributed by atoms with Crippen molar-refractivity contribution in [3.05, 3.63) is 58.6 Å². The van der Waals surface area contributed by atoms with Gasteiger partial charge in [-0.1, -0.05) is 32.0 Å². The second-order valence-corrected chi connectivity index (χ2v) is 7.43. The molecule has 0 unspecified atom stereocenters. The molecule has 3 aromatic rings. The minimum Gasteiger partial charge on any atom is -0.484 e. The number of carbonyl (C=O) groups is 1. The zero-order valence-corrected chi connectivity index (χ0v) is 15.5. The van der Waals surface area contributed by atoms with Crippen molar-refractivity contribution in [3.63, 3.8) is 0 Å². The molecule has 1 aromatic heterocycles. The van der Waals surface area contributed by atoms with Gasteiger partial charge in [0.25, 0.3) is 5.91 Å². The number of aromatic nitrogens is 1. The highest BCUT2D eigenvalue weighted by Gasteiger charge is 2.08. The summed E-state index contributed by atoms with van der Waals surface area (Å²) in [6, 6.07) is 13.9. The Morgan fingerprint density at radius 1 is 1.24 bits per heavy atom. The summed E-state index contributed by atoms with van der Waals surface area (Å²) < 4.78 is 6.73. The molecule has 0 spiro atoms. The third kappa shape index (κ3) is 4.37. The van der Waals surface area contributed by atoms with E-state index in [1.807, 2.05) is 36.4 Å². The lowest BCUT2D eigenvalue weighted by atomic mass is 9.98. The number of nitrogens with zero attached hydrogens (tertiary/aromatic N) is 1. The lowest BCUT2D eigenvalue weighted by Gasteiger charge is -2.12. The summed E-state index contributed by atoms with van der Waals surface area (Å²) in [5.74, 6) is 1.05. The van der Waals surface area contributed by atoms with Gasteiger partial charge in [-0.15, -0.1) is 11.3 Å². The molecule has 130 valence electrons. The smallest absolute Gasteiger partial charge is 0.258 e. The number of para-hydroxylation sites is 1. The van der Waals surface area contributed by atoms with Crippen molar-refractivity contribution in [2.45, 2.75) is 33.2 Å². The third-order valence-corrected chi connectivity index (χ3v) is 5.04. The fourth-order valence-corrected chi connectivity index (χ4v) is 3.66. The fourth-order valence-electron chi connectivity index (χ4n) is 2.76. The van der Waals surface area contributed by atoms with E-state index in [0.717, 1.165) is 21.0 Å². The summed E-state index contributed by atoms with van der Waals surface area (Å²) in [5, 5.41) is 3.75. The standard InChI is InChI=1S/C20H22N2O2S/c1-13(2)16-9-8-15(10-14(16)3)24-12-19(23)21-11-20-22-17-6-4-5-7-18(17)25-20/h4-10,13H,11-12H2,1-3H3,(H,21,23). The van der Waals surface area contributed by atoms with Gasteiger partial charge in [0, 0.05) is 0 Å². The molecule has 3 rings (SSSR count). The molecule has 0 aliphatic carbocycles. The van der Waals surface area contributed by atoms with Crippen LogP contribution < -0.4 is 10.1 Å². The Balaban J connectivity index is 1.52. The Bertz CT molecular complexity index is 853. The lowest BCUT2D eigenvalue weighted by molar-refractivity contribution is -0.123. The average molecular weight is 354 g/mol. The summed E-state index contributed by atoms with van der Waals surface area (Å²) in [7, 11) is 0. The van der Waals surface area contributed by atoms with E-state index in [0.29, 0.717) is 12.5 Å². The van der Waals surface area contributed by atoms with Crippen LogP contribution in [0.25, 0.3) is 10.2 Å². The molecule has 25 heavy (non-hydrogen) atoms. The lowest BCUT2D eigenvalue weighted by Crippen LogP contribution is -2.28. The second kappa shape index (κ2) is 7.66. The molecule has 2 aromatic carbocycles. The van der Waals surface area contributed by atoms with Crippen molar-refractivity contribution in [2.75, 3.05) is 6.61 Å². The Morgan fingerprint density at radius 3 is 2.76 bits per heavy atom. The number of benzene rings is 2. The normalized spacial score (nSPS) is 11.0. The number of nitrogens with one attached hydrogen (secondary N) is 1. The van der Waals surface area contributed by atoms with Gasteiger partial charge in [0.15, 0.2) is 6.61 Å². The maximum atomic E-state index is 12.0. The number of hydrogen-bond donors (Lipinski definition) is 1. The number of ether oxygens (including phenoxy) is 1. The highest BCUT2D eigenvalue weighted by molar-refractivity contribution is 7.18. The van der Waals surface area contributed by atoms with Crippen molar-refractivity contribution >= 4 is 27.5 Å².